The van der Waals surface area contributed by atoms with Gasteiger partial charge in [-0.1, -0.05) is 78.6 Å². The highest BCUT2D eigenvalue weighted by molar-refractivity contribution is 5.76. The number of piperidine rings is 1. The highest BCUT2D eigenvalue weighted by atomic mass is 16.1. The van der Waals surface area contributed by atoms with Crippen LogP contribution < -0.4 is 10.6 Å². The number of rotatable bonds is 4. The molecule has 1 spiro atoms. The molecule has 3 heteroatoms. The van der Waals surface area contributed by atoms with Crippen molar-refractivity contribution in [2.75, 3.05) is 13.1 Å². The SMILES string of the molecule is CC(C)(C)CC1CCC(NC(=O)CC2CNCC3(CCCCCCCCCCC3)C2)CC1. The van der Waals surface area contributed by atoms with E-state index in [-0.39, 0.29) is 0 Å². The summed E-state index contributed by atoms with van der Waals surface area (Å²) in [5.41, 5.74) is 0.881. The number of nitrogens with one attached hydrogen (secondary N) is 2. The zero-order valence-electron chi connectivity index (χ0n) is 21.8. The molecule has 3 aliphatic rings. The molecule has 0 aromatic carbocycles. The predicted molar refractivity (Wildman–Crippen MR) is 137 cm³/mol. The van der Waals surface area contributed by atoms with Gasteiger partial charge >= 0.3 is 0 Å². The second-order valence-electron chi connectivity index (χ2n) is 13.1. The van der Waals surface area contributed by atoms with Gasteiger partial charge in [-0.15, -0.1) is 0 Å². The van der Waals surface area contributed by atoms with Crippen LogP contribution in [0, 0.1) is 22.7 Å². The maximum atomic E-state index is 12.9. The first-order chi connectivity index (χ1) is 15.3. The molecule has 0 aromatic rings. The van der Waals surface area contributed by atoms with Crippen LogP contribution in [0.4, 0.5) is 0 Å². The zero-order chi connectivity index (χ0) is 22.9. The molecular weight excluding hydrogens is 392 g/mol. The van der Waals surface area contributed by atoms with Crippen molar-refractivity contribution in [3.63, 3.8) is 0 Å². The molecule has 1 atom stereocenters. The summed E-state index contributed by atoms with van der Waals surface area (Å²) in [5.74, 6) is 1.70. The summed E-state index contributed by atoms with van der Waals surface area (Å²) in [6, 6.07) is 0.422. The minimum atomic E-state index is 0.321. The van der Waals surface area contributed by atoms with Gasteiger partial charge in [0.15, 0.2) is 0 Å². The summed E-state index contributed by atoms with van der Waals surface area (Å²) in [5, 5.41) is 7.19. The Balaban J connectivity index is 1.43. The van der Waals surface area contributed by atoms with Crippen LogP contribution in [0.2, 0.25) is 0 Å². The van der Waals surface area contributed by atoms with Gasteiger partial charge in [0, 0.05) is 19.0 Å². The maximum absolute atomic E-state index is 12.9. The minimum Gasteiger partial charge on any atom is -0.353 e. The van der Waals surface area contributed by atoms with Crippen molar-refractivity contribution in [3.05, 3.63) is 0 Å². The molecule has 32 heavy (non-hydrogen) atoms. The van der Waals surface area contributed by atoms with E-state index >= 15 is 0 Å². The molecule has 2 aliphatic carbocycles. The van der Waals surface area contributed by atoms with Crippen LogP contribution in [-0.4, -0.2) is 25.0 Å². The van der Waals surface area contributed by atoms with E-state index in [0.29, 0.717) is 28.7 Å². The first kappa shape index (κ1) is 26.0. The maximum Gasteiger partial charge on any atom is 0.220 e. The Kier molecular flexibility index (Phi) is 10.4. The summed E-state index contributed by atoms with van der Waals surface area (Å²) in [6.07, 6.45) is 23.8. The van der Waals surface area contributed by atoms with E-state index in [4.69, 9.17) is 0 Å². The Morgan fingerprint density at radius 3 is 1.97 bits per heavy atom. The van der Waals surface area contributed by atoms with Crippen molar-refractivity contribution in [1.29, 1.82) is 0 Å². The average molecular weight is 447 g/mol. The highest BCUT2D eigenvalue weighted by Crippen LogP contribution is 2.41. The summed E-state index contributed by atoms with van der Waals surface area (Å²) in [6.45, 7) is 9.28. The van der Waals surface area contributed by atoms with Gasteiger partial charge in [-0.25, -0.2) is 0 Å². The molecule has 0 aromatic heterocycles. The van der Waals surface area contributed by atoms with E-state index in [0.717, 1.165) is 18.9 Å². The lowest BCUT2D eigenvalue weighted by Gasteiger charge is -2.42. The van der Waals surface area contributed by atoms with Crippen molar-refractivity contribution < 1.29 is 4.79 Å². The second kappa shape index (κ2) is 12.8. The van der Waals surface area contributed by atoms with Gasteiger partial charge in [0.05, 0.1) is 0 Å². The van der Waals surface area contributed by atoms with E-state index in [2.05, 4.69) is 31.4 Å². The van der Waals surface area contributed by atoms with Gasteiger partial charge in [-0.05, 0) is 80.6 Å². The standard InChI is InChI=1S/C29H54N2O/c1-28(2,3)20-24-13-15-26(16-14-24)31-27(32)19-25-21-29(23-30-22-25)17-11-9-7-5-4-6-8-10-12-18-29/h24-26,30H,4-23H2,1-3H3,(H,31,32). The second-order valence-corrected chi connectivity index (χ2v) is 13.1. The van der Waals surface area contributed by atoms with Gasteiger partial charge in [-0.3, -0.25) is 4.79 Å². The molecule has 1 unspecified atom stereocenters. The monoisotopic (exact) mass is 446 g/mol. The van der Waals surface area contributed by atoms with Crippen LogP contribution in [0.3, 0.4) is 0 Å². The third-order valence-electron chi connectivity index (χ3n) is 8.66. The summed E-state index contributed by atoms with van der Waals surface area (Å²) >= 11 is 0. The molecule has 2 N–H and O–H groups in total. The number of amides is 1. The smallest absolute Gasteiger partial charge is 0.220 e. The fourth-order valence-corrected chi connectivity index (χ4v) is 7.11. The molecule has 1 saturated heterocycles. The highest BCUT2D eigenvalue weighted by Gasteiger charge is 2.36. The van der Waals surface area contributed by atoms with Crippen LogP contribution in [0.15, 0.2) is 0 Å². The fraction of sp³-hybridized carbons (Fsp3) is 0.966. The predicted octanol–water partition coefficient (Wildman–Crippen LogP) is 7.39. The van der Waals surface area contributed by atoms with Crippen molar-refractivity contribution in [2.24, 2.45) is 22.7 Å². The Bertz CT molecular complexity index is 532. The van der Waals surface area contributed by atoms with E-state index in [1.165, 1.54) is 116 Å². The van der Waals surface area contributed by atoms with Gasteiger partial charge in [0.25, 0.3) is 0 Å². The lowest BCUT2D eigenvalue weighted by molar-refractivity contribution is -0.123. The van der Waals surface area contributed by atoms with Crippen molar-refractivity contribution in [3.8, 4) is 0 Å². The van der Waals surface area contributed by atoms with E-state index < -0.39 is 0 Å². The topological polar surface area (TPSA) is 41.1 Å². The lowest BCUT2D eigenvalue weighted by atomic mass is 9.69. The first-order valence-corrected chi connectivity index (χ1v) is 14.3. The normalized spacial score (nSPS) is 30.8. The average Bonchev–Trinajstić information content (AvgIpc) is 2.71. The van der Waals surface area contributed by atoms with Crippen molar-refractivity contribution in [1.82, 2.24) is 10.6 Å². The van der Waals surface area contributed by atoms with Crippen molar-refractivity contribution >= 4 is 5.91 Å². The van der Waals surface area contributed by atoms with Crippen LogP contribution in [0.25, 0.3) is 0 Å². The third-order valence-corrected chi connectivity index (χ3v) is 8.66. The lowest BCUT2D eigenvalue weighted by Crippen LogP contribution is -2.46. The molecule has 3 rings (SSSR count). The summed E-state index contributed by atoms with van der Waals surface area (Å²) in [7, 11) is 0. The van der Waals surface area contributed by atoms with Crippen LogP contribution in [0.5, 0.6) is 0 Å². The Morgan fingerprint density at radius 2 is 1.41 bits per heavy atom. The molecule has 1 amide bonds. The first-order valence-electron chi connectivity index (χ1n) is 14.3. The largest absolute Gasteiger partial charge is 0.353 e. The number of carbonyl (C=O) groups excluding carboxylic acids is 1. The van der Waals surface area contributed by atoms with E-state index in [1.54, 1.807) is 0 Å². The molecule has 3 fully saturated rings. The van der Waals surface area contributed by atoms with Crippen LogP contribution in [0.1, 0.15) is 136 Å². The van der Waals surface area contributed by atoms with Gasteiger partial charge < -0.3 is 10.6 Å². The van der Waals surface area contributed by atoms with Crippen LogP contribution >= 0.6 is 0 Å². The summed E-state index contributed by atoms with van der Waals surface area (Å²) in [4.78, 5) is 12.9. The quantitative estimate of drug-likeness (QED) is 0.472. The molecular formula is C29H54N2O. The molecule has 3 nitrogen and oxygen atoms in total. The molecule has 1 heterocycles. The Morgan fingerprint density at radius 1 is 0.844 bits per heavy atom. The van der Waals surface area contributed by atoms with E-state index in [9.17, 15) is 4.79 Å². The molecule has 1 aliphatic heterocycles. The van der Waals surface area contributed by atoms with Gasteiger partial charge in [-0.2, -0.15) is 0 Å². The third kappa shape index (κ3) is 9.35. The number of carbonyl (C=O) groups is 1. The Hall–Kier alpha value is -0.570. The number of hydrogen-bond donors (Lipinski definition) is 2. The molecule has 0 bridgehead atoms. The van der Waals surface area contributed by atoms with Gasteiger partial charge in [0.1, 0.15) is 0 Å². The van der Waals surface area contributed by atoms with Crippen LogP contribution in [-0.2, 0) is 4.79 Å². The molecule has 0 radical (unpaired) electrons. The van der Waals surface area contributed by atoms with Gasteiger partial charge in [0.2, 0.25) is 5.91 Å². The number of hydrogen-bond acceptors (Lipinski definition) is 2. The summed E-state index contributed by atoms with van der Waals surface area (Å²) < 4.78 is 0. The minimum absolute atomic E-state index is 0.321. The van der Waals surface area contributed by atoms with Crippen molar-refractivity contribution in [2.45, 2.75) is 142 Å². The fourth-order valence-electron chi connectivity index (χ4n) is 7.11. The van der Waals surface area contributed by atoms with E-state index in [1.807, 2.05) is 0 Å². The molecule has 2 saturated carbocycles. The zero-order valence-corrected chi connectivity index (χ0v) is 21.8. The Labute approximate surface area is 199 Å². The molecule has 186 valence electrons.